The van der Waals surface area contributed by atoms with Crippen LogP contribution in [0.15, 0.2) is 0 Å². The molecule has 58 atom stereocenters. The highest BCUT2D eigenvalue weighted by Crippen LogP contribution is 2.38. The summed E-state index contributed by atoms with van der Waals surface area (Å²) in [5, 5.41) is 340. The molecule has 12 saturated heterocycles. The molecule has 68 nitrogen and oxygen atoms in total. The third-order valence-electron chi connectivity index (χ3n) is 25.6. The molecule has 12 aliphatic rings. The van der Waals surface area contributed by atoms with E-state index in [4.69, 9.17) is 129 Å². The molecule has 42 N–H and O–H groups in total. The number of quaternary nitrogens is 2. The third kappa shape index (κ3) is 30.9. The van der Waals surface area contributed by atoms with Crippen molar-refractivity contribution in [1.82, 2.24) is 0 Å². The van der Waals surface area contributed by atoms with Crippen LogP contribution in [0.2, 0.25) is 0 Å². The number of carbonyl (C=O) groups excluding carboxylic acids is 4. The first kappa shape index (κ1) is 130. The van der Waals surface area contributed by atoms with Gasteiger partial charge in [-0.1, -0.05) is 0 Å². The quantitative estimate of drug-likeness (QED) is 0.0235. The lowest BCUT2D eigenvalue weighted by atomic mass is 9.96. The highest BCUT2D eigenvalue weighted by Gasteiger charge is 2.61. The molecule has 12 heterocycles. The van der Waals surface area contributed by atoms with Gasteiger partial charge in [-0.15, -0.1) is 0 Å². The lowest BCUT2D eigenvalue weighted by Crippen LogP contribution is -2.79. The molecular formula is C80H144N2O66+2. The van der Waals surface area contributed by atoms with Gasteiger partial charge in [0.1, 0.15) is 232 Å². The van der Waals surface area contributed by atoms with Crippen LogP contribution in [-0.4, -0.2) is 669 Å². The fourth-order valence-electron chi connectivity index (χ4n) is 16.7. The molecule has 68 heteroatoms. The Bertz CT molecular complexity index is 3840. The molecule has 148 heavy (non-hydrogen) atoms. The van der Waals surface area contributed by atoms with Gasteiger partial charge in [-0.25, -0.2) is 19.2 Å². The second-order valence-electron chi connectivity index (χ2n) is 35.2. The normalized spacial score (nSPS) is 47.8. The molecule has 868 valence electrons. The summed E-state index contributed by atoms with van der Waals surface area (Å²) in [5.74, 6) is -3.79. The molecule has 0 saturated carbocycles. The average Bonchev–Trinajstić information content (AvgIpc) is 0.782. The summed E-state index contributed by atoms with van der Waals surface area (Å²) in [5.41, 5.74) is 7.42. The Morgan fingerprint density at radius 1 is 0.230 bits per heavy atom. The smallest absolute Gasteiger partial charge is 0.337 e. The van der Waals surface area contributed by atoms with Gasteiger partial charge < -0.3 is 318 Å². The SMILES string of the molecule is COC(=O)C1O[C@H](OC)C(O)[C@@H](O)[C@@H]1O.COC(=O)C1O[C@H](OC)C(O)[C@@H](O)[C@@H]1O[C@H]1OC(CO[C@@H]2C[C@@H](O)[C@@H](O)C(CO)O2)[C@@H](O)[C@H](O)C1[NH3+].COC(=O)C1O[C@H](OC)C(O)[C@@H](O)[C@@H]1O[C@H]1OC(CO[C@H]2OC(CO)[C@H](O)[C@H](O)C2O)[C@@H](O)[C@H](O)C1[NH3+].COC(=O)C1O[C@H](OC)C(O)[C@@H](O)[C@@H]1O[C@H]1OC(CO[C@H]2OC(CO)[C@H](O[C@H]3OC(CO)[C@@H](O)[C@H](O)C3O)[C@H](O)C2O)[C@@H](O)[C@H](O)C1O.O.OCC1O[C@H](O)C[C@@H](O)[C@@H]1O. The summed E-state index contributed by atoms with van der Waals surface area (Å²) in [6.45, 7) is -4.97. The molecular weight excluding hydrogens is 2040 g/mol. The number of rotatable bonds is 30. The predicted octanol–water partition coefficient (Wildman–Crippen LogP) is -28.3. The number of hydrogen-bond acceptors (Lipinski definition) is 65. The van der Waals surface area contributed by atoms with Crippen LogP contribution in [0.3, 0.4) is 0 Å². The number of methoxy groups -OCH3 is 8. The van der Waals surface area contributed by atoms with Crippen LogP contribution < -0.4 is 11.5 Å². The van der Waals surface area contributed by atoms with Gasteiger partial charge in [0, 0.05) is 41.3 Å². The zero-order chi connectivity index (χ0) is 110. The molecule has 0 aromatic heterocycles. The van der Waals surface area contributed by atoms with Crippen molar-refractivity contribution in [1.29, 1.82) is 0 Å². The summed E-state index contributed by atoms with van der Waals surface area (Å²) in [7, 11) is 9.04. The molecule has 0 bridgehead atoms. The van der Waals surface area contributed by atoms with Crippen LogP contribution >= 0.6 is 0 Å². The molecule has 0 aromatic carbocycles. The largest absolute Gasteiger partial charge is 0.467 e. The maximum absolute atomic E-state index is 12.4. The highest BCUT2D eigenvalue weighted by atomic mass is 16.8. The minimum absolute atomic E-state index is 0. The van der Waals surface area contributed by atoms with Crippen molar-refractivity contribution in [2.75, 3.05) is 110 Å². The van der Waals surface area contributed by atoms with Gasteiger partial charge >= 0.3 is 23.9 Å². The van der Waals surface area contributed by atoms with Crippen LogP contribution in [0.5, 0.6) is 0 Å². The fourth-order valence-corrected chi connectivity index (χ4v) is 16.7. The van der Waals surface area contributed by atoms with E-state index in [0.29, 0.717) is 0 Å². The first-order valence-corrected chi connectivity index (χ1v) is 45.6. The number of aliphatic hydroxyl groups excluding tert-OH is 34. The Labute approximate surface area is 837 Å². The Hall–Kier alpha value is -4.52. The van der Waals surface area contributed by atoms with Crippen LogP contribution in [0.4, 0.5) is 0 Å². The maximum atomic E-state index is 12.4. The Morgan fingerprint density at radius 2 is 0.473 bits per heavy atom. The van der Waals surface area contributed by atoms with E-state index in [1.807, 2.05) is 0 Å². The van der Waals surface area contributed by atoms with Crippen molar-refractivity contribution in [3.8, 4) is 0 Å². The number of esters is 4. The second-order valence-corrected chi connectivity index (χ2v) is 35.2. The second kappa shape index (κ2) is 59.7. The van der Waals surface area contributed by atoms with Gasteiger partial charge in [0.05, 0.1) is 93.5 Å². The molecule has 0 aliphatic carbocycles. The van der Waals surface area contributed by atoms with Crippen LogP contribution in [0.25, 0.3) is 0 Å². The van der Waals surface area contributed by atoms with E-state index in [1.165, 1.54) is 21.3 Å². The summed E-state index contributed by atoms with van der Waals surface area (Å²) in [6.07, 6.45) is -86.1. The maximum Gasteiger partial charge on any atom is 0.337 e. The fraction of sp³-hybridized carbons (Fsp3) is 0.950. The number of carbonyl (C=O) groups is 4. The van der Waals surface area contributed by atoms with E-state index in [0.717, 1.165) is 35.5 Å². The van der Waals surface area contributed by atoms with E-state index in [1.54, 1.807) is 0 Å². The van der Waals surface area contributed by atoms with Crippen molar-refractivity contribution < 1.29 is 338 Å². The molecule has 0 aromatic rings. The summed E-state index contributed by atoms with van der Waals surface area (Å²) in [4.78, 5) is 48.0. The highest BCUT2D eigenvalue weighted by molar-refractivity contribution is 5.77. The van der Waals surface area contributed by atoms with Gasteiger partial charge in [-0.05, 0) is 0 Å². The Kier molecular flexibility index (Phi) is 52.6. The molecule has 12 rings (SSSR count). The standard InChI is InChI=1S/C26H44O22.C20H35NO16.C20H35NO15.C8H14O7.C6H12O5.H2O/c1-40-22(39)21-20(14(34)17(37)23(41-2)48-21)47-26-16(36)12(32)10(30)8(45-26)5-42-24-18(38)13(33)19(7(4-28)44-24)46-25-15(35)11(31)9(29)6(3-27)43-25;1-31-17(30)16-15(12(27)14(29)19(32-2)37-16)36-18-7(21)10(25)9(24)6(35-18)4-33-20-13(28)11(26)8(23)5(3-22)34-20;1-30-18(29)17-16(14(27)15(28)20(31-2)36-17)35-19-10(21)13(26)12(25)8(34-19)5-32-9-3-6(23)11(24)7(4-22)33-9;1-13-7(12)6-4(10)3(9)5(11)8(14-2)15-6;7-2-4-6(10)3(8)1-5(9)11-4;/h6-21,23-38H,3-5H2,1-2H3;5-16,18-20,22-29H,3-4,21H2,1-2H3;6-17,19-20,22-28H,3-5,21H2,1-2H3;3-6,8-11H,1-2H3;3-10H,1-2H2;1H2/p+2/t6?,7?,8?,9-,10-,11+,12+,13-,14-,15?,16?,17?,18?,19+,20+,21?,23+,24+,25-,26-;5?,6?,7?,8-,9+,10+,11-,12+,13?,14?,15-,16?,18+,19-,20-;6-,7?,8?,9+,10?,11-,12-,13-,14-,15?,16+,17?,19-,20+;3-,4-,5?,6?,8-;3-,4?,5+,6+;/m10101./s1. The van der Waals surface area contributed by atoms with Gasteiger partial charge in [0.2, 0.25) is 12.6 Å². The van der Waals surface area contributed by atoms with Crippen molar-refractivity contribution in [3.05, 3.63) is 0 Å². The average molecular weight is 2190 g/mol. The van der Waals surface area contributed by atoms with Crippen molar-refractivity contribution in [2.45, 2.75) is 369 Å². The minimum atomic E-state index is -1.99. The predicted molar refractivity (Wildman–Crippen MR) is 449 cm³/mol. The molecule has 22 unspecified atom stereocenters. The van der Waals surface area contributed by atoms with E-state index in [9.17, 15) is 172 Å². The van der Waals surface area contributed by atoms with E-state index < -0.39 is 426 Å². The number of ether oxygens (including phenoxy) is 27. The van der Waals surface area contributed by atoms with Gasteiger partial charge in [-0.3, -0.25) is 0 Å². The van der Waals surface area contributed by atoms with Crippen molar-refractivity contribution in [3.63, 3.8) is 0 Å². The van der Waals surface area contributed by atoms with Crippen molar-refractivity contribution >= 4 is 23.9 Å². The summed E-state index contributed by atoms with van der Waals surface area (Å²) >= 11 is 0. The first-order chi connectivity index (χ1) is 69.4. The van der Waals surface area contributed by atoms with Crippen molar-refractivity contribution in [2.24, 2.45) is 0 Å². The van der Waals surface area contributed by atoms with Crippen LogP contribution in [0.1, 0.15) is 12.8 Å². The van der Waals surface area contributed by atoms with Gasteiger partial charge in [0.25, 0.3) is 0 Å². The zero-order valence-electron chi connectivity index (χ0n) is 80.3. The molecule has 12 fully saturated rings. The Balaban J connectivity index is 0.000000268. The van der Waals surface area contributed by atoms with E-state index >= 15 is 0 Å². The van der Waals surface area contributed by atoms with Crippen LogP contribution in [0, 0.1) is 0 Å². The summed E-state index contributed by atoms with van der Waals surface area (Å²) in [6, 6.07) is -2.28. The molecule has 12 aliphatic heterocycles. The first-order valence-electron chi connectivity index (χ1n) is 45.6. The molecule has 0 radical (unpaired) electrons. The van der Waals surface area contributed by atoms with Crippen LogP contribution in [-0.2, 0) is 147 Å². The number of aliphatic hydroxyl groups is 34. The number of hydrogen-bond donors (Lipinski definition) is 36. The van der Waals surface area contributed by atoms with E-state index in [-0.39, 0.29) is 24.9 Å². The lowest BCUT2D eigenvalue weighted by Gasteiger charge is -2.47. The minimum Gasteiger partial charge on any atom is -0.467 e. The van der Waals surface area contributed by atoms with Gasteiger partial charge in [-0.2, -0.15) is 0 Å². The van der Waals surface area contributed by atoms with E-state index in [2.05, 4.69) is 30.4 Å². The monoisotopic (exact) mass is 2190 g/mol. The topological polar surface area (TPSA) is 1090 Å². The Morgan fingerprint density at radius 3 is 0.831 bits per heavy atom. The zero-order valence-corrected chi connectivity index (χ0v) is 80.3. The molecule has 0 spiro atoms. The lowest BCUT2D eigenvalue weighted by molar-refractivity contribution is -0.507. The summed E-state index contributed by atoms with van der Waals surface area (Å²) < 4.78 is 141. The third-order valence-corrected chi connectivity index (χ3v) is 25.6. The van der Waals surface area contributed by atoms with Gasteiger partial charge in [0.15, 0.2) is 99.4 Å². The molecule has 0 amide bonds.